The standard InChI is InChI=1S/C19H21BrN2O5S/c1-26-18-5-4-14(11-17(18)20)13-27-19(23)15-6-9-22(10-7-15)28(24,25)16-3-2-8-21-12-16/h2-5,8,11-12,15H,6-7,9-10,13H2,1H3. The van der Waals surface area contributed by atoms with Crippen LogP contribution in [0.15, 0.2) is 52.1 Å². The van der Waals surface area contributed by atoms with Crippen LogP contribution in [0, 0.1) is 5.92 Å². The van der Waals surface area contributed by atoms with Gasteiger partial charge in [0.1, 0.15) is 17.3 Å². The highest BCUT2D eigenvalue weighted by Crippen LogP contribution is 2.27. The number of hydrogen-bond acceptors (Lipinski definition) is 6. The van der Waals surface area contributed by atoms with Gasteiger partial charge in [-0.1, -0.05) is 6.07 Å². The van der Waals surface area contributed by atoms with Crippen molar-refractivity contribution in [2.45, 2.75) is 24.3 Å². The number of carbonyl (C=O) groups is 1. The van der Waals surface area contributed by atoms with Gasteiger partial charge in [-0.15, -0.1) is 0 Å². The van der Waals surface area contributed by atoms with E-state index >= 15 is 0 Å². The zero-order valence-corrected chi connectivity index (χ0v) is 17.8. The lowest BCUT2D eigenvalue weighted by Gasteiger charge is -2.30. The molecule has 1 aliphatic rings. The van der Waals surface area contributed by atoms with E-state index in [0.29, 0.717) is 18.6 Å². The molecule has 1 aromatic carbocycles. The molecule has 0 atom stereocenters. The van der Waals surface area contributed by atoms with Gasteiger partial charge in [0.15, 0.2) is 0 Å². The maximum Gasteiger partial charge on any atom is 0.309 e. The van der Waals surface area contributed by atoms with Crippen LogP contribution in [0.2, 0.25) is 0 Å². The maximum atomic E-state index is 12.6. The van der Waals surface area contributed by atoms with Crippen molar-refractivity contribution in [1.82, 2.24) is 9.29 Å². The second-order valence-electron chi connectivity index (χ2n) is 6.44. The Balaban J connectivity index is 1.53. The van der Waals surface area contributed by atoms with E-state index in [0.717, 1.165) is 10.0 Å². The third kappa shape index (κ3) is 4.71. The van der Waals surface area contributed by atoms with Gasteiger partial charge in [0.05, 0.1) is 17.5 Å². The quantitative estimate of drug-likeness (QED) is 0.605. The smallest absolute Gasteiger partial charge is 0.309 e. The first-order valence-electron chi connectivity index (χ1n) is 8.81. The monoisotopic (exact) mass is 468 g/mol. The van der Waals surface area contributed by atoms with Crippen molar-refractivity contribution >= 4 is 31.9 Å². The van der Waals surface area contributed by atoms with Crippen LogP contribution >= 0.6 is 15.9 Å². The van der Waals surface area contributed by atoms with Crippen molar-refractivity contribution < 1.29 is 22.7 Å². The molecule has 2 aromatic rings. The largest absolute Gasteiger partial charge is 0.496 e. The SMILES string of the molecule is COc1ccc(COC(=O)C2CCN(S(=O)(=O)c3cccnc3)CC2)cc1Br. The summed E-state index contributed by atoms with van der Waals surface area (Å²) in [5.74, 6) is 0.102. The summed E-state index contributed by atoms with van der Waals surface area (Å²) in [6.45, 7) is 0.728. The van der Waals surface area contributed by atoms with E-state index in [1.54, 1.807) is 19.2 Å². The number of ether oxygens (including phenoxy) is 2. The van der Waals surface area contributed by atoms with E-state index in [4.69, 9.17) is 9.47 Å². The average molecular weight is 469 g/mol. The summed E-state index contributed by atoms with van der Waals surface area (Å²) in [6, 6.07) is 8.59. The van der Waals surface area contributed by atoms with Crippen LogP contribution in [0.1, 0.15) is 18.4 Å². The summed E-state index contributed by atoms with van der Waals surface area (Å²) in [6.07, 6.45) is 3.74. The van der Waals surface area contributed by atoms with E-state index in [2.05, 4.69) is 20.9 Å². The molecule has 1 fully saturated rings. The van der Waals surface area contributed by atoms with E-state index in [1.165, 1.54) is 22.8 Å². The van der Waals surface area contributed by atoms with Crippen molar-refractivity contribution in [2.75, 3.05) is 20.2 Å². The Morgan fingerprint density at radius 1 is 1.29 bits per heavy atom. The summed E-state index contributed by atoms with van der Waals surface area (Å²) >= 11 is 3.40. The van der Waals surface area contributed by atoms with E-state index < -0.39 is 10.0 Å². The summed E-state index contributed by atoms with van der Waals surface area (Å²) in [4.78, 5) is 16.4. The highest BCUT2D eigenvalue weighted by atomic mass is 79.9. The minimum Gasteiger partial charge on any atom is -0.496 e. The average Bonchev–Trinajstić information content (AvgIpc) is 2.73. The van der Waals surface area contributed by atoms with Crippen LogP contribution in [-0.2, 0) is 26.2 Å². The number of piperidine rings is 1. The van der Waals surface area contributed by atoms with Crippen LogP contribution in [0.5, 0.6) is 5.75 Å². The fourth-order valence-corrected chi connectivity index (χ4v) is 5.07. The Kier molecular flexibility index (Phi) is 6.69. The molecule has 0 saturated carbocycles. The van der Waals surface area contributed by atoms with Crippen LogP contribution in [0.3, 0.4) is 0 Å². The maximum absolute atomic E-state index is 12.6. The molecule has 0 aliphatic carbocycles. The van der Waals surface area contributed by atoms with E-state index in [9.17, 15) is 13.2 Å². The number of esters is 1. The minimum absolute atomic E-state index is 0.162. The zero-order chi connectivity index (χ0) is 20.1. The Morgan fingerprint density at radius 3 is 2.64 bits per heavy atom. The first kappa shape index (κ1) is 20.8. The van der Waals surface area contributed by atoms with Crippen molar-refractivity contribution in [3.63, 3.8) is 0 Å². The van der Waals surface area contributed by atoms with Gasteiger partial charge in [-0.25, -0.2) is 8.42 Å². The number of rotatable bonds is 6. The highest BCUT2D eigenvalue weighted by molar-refractivity contribution is 9.10. The normalized spacial score (nSPS) is 15.9. The summed E-state index contributed by atoms with van der Waals surface area (Å²) in [7, 11) is -1.99. The molecule has 0 unspecified atom stereocenters. The van der Waals surface area contributed by atoms with Gasteiger partial charge < -0.3 is 9.47 Å². The molecule has 1 aliphatic heterocycles. The Labute approximate surface area is 172 Å². The number of sulfonamides is 1. The molecular formula is C19H21BrN2O5S. The molecule has 28 heavy (non-hydrogen) atoms. The number of benzene rings is 1. The van der Waals surface area contributed by atoms with Crippen LogP contribution in [0.4, 0.5) is 0 Å². The molecule has 0 N–H and O–H groups in total. The van der Waals surface area contributed by atoms with Crippen LogP contribution in [0.25, 0.3) is 0 Å². The highest BCUT2D eigenvalue weighted by Gasteiger charge is 2.32. The lowest BCUT2D eigenvalue weighted by molar-refractivity contribution is -0.151. The van der Waals surface area contributed by atoms with Crippen molar-refractivity contribution in [3.05, 3.63) is 52.8 Å². The molecule has 1 aromatic heterocycles. The molecule has 0 amide bonds. The number of carbonyl (C=O) groups excluding carboxylic acids is 1. The number of methoxy groups -OCH3 is 1. The number of hydrogen-bond donors (Lipinski definition) is 0. The fourth-order valence-electron chi connectivity index (χ4n) is 3.05. The Bertz CT molecular complexity index is 929. The first-order valence-corrected chi connectivity index (χ1v) is 11.0. The topological polar surface area (TPSA) is 85.8 Å². The van der Waals surface area contributed by atoms with Gasteiger partial charge in [-0.3, -0.25) is 9.78 Å². The summed E-state index contributed by atoms with van der Waals surface area (Å²) in [5, 5.41) is 0. The zero-order valence-electron chi connectivity index (χ0n) is 15.4. The van der Waals surface area contributed by atoms with Gasteiger partial charge in [0, 0.05) is 25.5 Å². The van der Waals surface area contributed by atoms with Gasteiger partial charge in [-0.2, -0.15) is 4.31 Å². The molecular weight excluding hydrogens is 448 g/mol. The molecule has 150 valence electrons. The lowest BCUT2D eigenvalue weighted by Crippen LogP contribution is -2.40. The molecule has 1 saturated heterocycles. The number of halogens is 1. The van der Waals surface area contributed by atoms with Gasteiger partial charge >= 0.3 is 5.97 Å². The van der Waals surface area contributed by atoms with Crippen molar-refractivity contribution in [1.29, 1.82) is 0 Å². The molecule has 3 rings (SSSR count). The van der Waals surface area contributed by atoms with E-state index in [-0.39, 0.29) is 36.5 Å². The number of aromatic nitrogens is 1. The summed E-state index contributed by atoms with van der Waals surface area (Å²) < 4.78 is 38.0. The Hall–Kier alpha value is -1.97. The molecule has 0 spiro atoms. The van der Waals surface area contributed by atoms with Gasteiger partial charge in [0.25, 0.3) is 0 Å². The molecule has 0 bridgehead atoms. The molecule has 7 nitrogen and oxygen atoms in total. The second kappa shape index (κ2) is 9.02. The fraction of sp³-hybridized carbons (Fsp3) is 0.368. The van der Waals surface area contributed by atoms with E-state index in [1.807, 2.05) is 12.1 Å². The first-order chi connectivity index (χ1) is 13.4. The molecule has 9 heteroatoms. The predicted octanol–water partition coefficient (Wildman–Crippen LogP) is 3.00. The van der Waals surface area contributed by atoms with Crippen molar-refractivity contribution in [2.24, 2.45) is 5.92 Å². The number of nitrogens with zero attached hydrogens (tertiary/aromatic N) is 2. The van der Waals surface area contributed by atoms with Gasteiger partial charge in [0.2, 0.25) is 10.0 Å². The third-order valence-corrected chi connectivity index (χ3v) is 7.16. The second-order valence-corrected chi connectivity index (χ2v) is 9.24. The van der Waals surface area contributed by atoms with Crippen LogP contribution in [-0.4, -0.2) is 43.9 Å². The minimum atomic E-state index is -3.58. The van der Waals surface area contributed by atoms with Crippen LogP contribution < -0.4 is 4.74 Å². The number of pyridine rings is 1. The molecule has 0 radical (unpaired) electrons. The van der Waals surface area contributed by atoms with Gasteiger partial charge in [-0.05, 0) is 58.6 Å². The molecule has 2 heterocycles. The predicted molar refractivity (Wildman–Crippen MR) is 106 cm³/mol. The lowest BCUT2D eigenvalue weighted by atomic mass is 9.98. The summed E-state index contributed by atoms with van der Waals surface area (Å²) in [5.41, 5.74) is 0.845. The third-order valence-electron chi connectivity index (χ3n) is 4.66. The Morgan fingerprint density at radius 2 is 2.04 bits per heavy atom. The van der Waals surface area contributed by atoms with Crippen molar-refractivity contribution in [3.8, 4) is 5.75 Å².